The number of nitrogens with two attached hydrogens (primary N) is 1. The molecule has 1 rings (SSSR count). The smallest absolute Gasteiger partial charge is 0.123 e. The van der Waals surface area contributed by atoms with Gasteiger partial charge in [-0.05, 0) is 36.6 Å². The fourth-order valence-electron chi connectivity index (χ4n) is 1.19. The predicted octanol–water partition coefficient (Wildman–Crippen LogP) is 2.58. The Morgan fingerprint density at radius 1 is 1.46 bits per heavy atom. The van der Waals surface area contributed by atoms with Gasteiger partial charge >= 0.3 is 0 Å². The van der Waals surface area contributed by atoms with E-state index in [4.69, 9.17) is 5.73 Å². The molecule has 0 aliphatic rings. The first-order valence-electron chi connectivity index (χ1n) is 4.29. The molecule has 0 spiro atoms. The predicted molar refractivity (Wildman–Crippen MR) is 53.7 cm³/mol. The highest BCUT2D eigenvalue weighted by atomic mass is 19.1. The van der Waals surface area contributed by atoms with Crippen LogP contribution in [-0.4, -0.2) is 6.04 Å². The molecule has 0 aliphatic carbocycles. The molecule has 0 radical (unpaired) electrons. The number of benzene rings is 1. The van der Waals surface area contributed by atoms with Gasteiger partial charge in [0.2, 0.25) is 0 Å². The quantitative estimate of drug-likeness (QED) is 0.758. The Labute approximate surface area is 78.1 Å². The molecule has 0 heterocycles. The fourth-order valence-corrected chi connectivity index (χ4v) is 1.19. The van der Waals surface area contributed by atoms with Crippen LogP contribution in [-0.2, 0) is 0 Å². The van der Waals surface area contributed by atoms with Crippen molar-refractivity contribution in [2.75, 3.05) is 0 Å². The maximum absolute atomic E-state index is 12.6. The summed E-state index contributed by atoms with van der Waals surface area (Å²) in [6.07, 6.45) is 0.742. The molecular weight excluding hydrogens is 165 g/mol. The minimum absolute atomic E-state index is 0.0950. The first-order chi connectivity index (χ1) is 6.09. The van der Waals surface area contributed by atoms with Crippen LogP contribution < -0.4 is 5.73 Å². The third-order valence-corrected chi connectivity index (χ3v) is 1.82. The van der Waals surface area contributed by atoms with Crippen LogP contribution in [0.5, 0.6) is 0 Å². The van der Waals surface area contributed by atoms with Gasteiger partial charge in [0, 0.05) is 6.04 Å². The van der Waals surface area contributed by atoms with Crippen molar-refractivity contribution in [2.24, 2.45) is 5.73 Å². The van der Waals surface area contributed by atoms with Crippen LogP contribution in [0.4, 0.5) is 4.39 Å². The Balaban J connectivity index is 2.72. The lowest BCUT2D eigenvalue weighted by Gasteiger charge is -2.08. The minimum Gasteiger partial charge on any atom is -0.328 e. The zero-order valence-corrected chi connectivity index (χ0v) is 7.76. The van der Waals surface area contributed by atoms with Gasteiger partial charge < -0.3 is 5.73 Å². The third-order valence-electron chi connectivity index (χ3n) is 1.82. The van der Waals surface area contributed by atoms with Gasteiger partial charge in [0.05, 0.1) is 0 Å². The van der Waals surface area contributed by atoms with E-state index < -0.39 is 0 Å². The van der Waals surface area contributed by atoms with Crippen LogP contribution in [0.15, 0.2) is 30.8 Å². The van der Waals surface area contributed by atoms with Crippen molar-refractivity contribution in [1.29, 1.82) is 0 Å². The first kappa shape index (κ1) is 9.93. The van der Waals surface area contributed by atoms with Gasteiger partial charge in [0.1, 0.15) is 5.82 Å². The van der Waals surface area contributed by atoms with Crippen LogP contribution in [0.3, 0.4) is 0 Å². The molecule has 0 fully saturated rings. The molecule has 1 aromatic carbocycles. The average Bonchev–Trinajstić information content (AvgIpc) is 2.04. The lowest BCUT2D eigenvalue weighted by atomic mass is 10.0. The van der Waals surface area contributed by atoms with Gasteiger partial charge in [0.15, 0.2) is 0 Å². The zero-order valence-electron chi connectivity index (χ0n) is 7.76. The van der Waals surface area contributed by atoms with E-state index in [1.165, 1.54) is 12.1 Å². The van der Waals surface area contributed by atoms with Crippen molar-refractivity contribution in [3.8, 4) is 0 Å². The van der Waals surface area contributed by atoms with E-state index in [-0.39, 0.29) is 11.9 Å². The zero-order chi connectivity index (χ0) is 9.84. The molecule has 1 atom stereocenters. The van der Waals surface area contributed by atoms with E-state index in [9.17, 15) is 4.39 Å². The molecule has 0 saturated carbocycles. The van der Waals surface area contributed by atoms with Crippen molar-refractivity contribution in [2.45, 2.75) is 19.4 Å². The van der Waals surface area contributed by atoms with Crippen LogP contribution in [0.1, 0.15) is 18.9 Å². The number of hydrogen-bond acceptors (Lipinski definition) is 1. The molecule has 13 heavy (non-hydrogen) atoms. The third kappa shape index (κ3) is 2.99. The lowest BCUT2D eigenvalue weighted by Crippen LogP contribution is -2.14. The summed E-state index contributed by atoms with van der Waals surface area (Å²) in [4.78, 5) is 0. The topological polar surface area (TPSA) is 26.0 Å². The summed E-state index contributed by atoms with van der Waals surface area (Å²) < 4.78 is 12.6. The van der Waals surface area contributed by atoms with Crippen LogP contribution in [0, 0.1) is 5.82 Å². The molecular formula is C11H14FN. The van der Waals surface area contributed by atoms with E-state index in [1.807, 2.05) is 6.92 Å². The number of hydrogen-bond donors (Lipinski definition) is 1. The molecule has 1 unspecified atom stereocenters. The number of halogens is 1. The molecule has 0 aromatic heterocycles. The summed E-state index contributed by atoms with van der Waals surface area (Å²) in [6.45, 7) is 5.82. The SMILES string of the molecule is C=C(CC(C)N)c1ccc(F)cc1. The van der Waals surface area contributed by atoms with Crippen molar-refractivity contribution in [3.63, 3.8) is 0 Å². The molecule has 0 amide bonds. The Bertz CT molecular complexity index is 287. The van der Waals surface area contributed by atoms with E-state index in [0.29, 0.717) is 0 Å². The normalized spacial score (nSPS) is 12.5. The lowest BCUT2D eigenvalue weighted by molar-refractivity contribution is 0.627. The fraction of sp³-hybridized carbons (Fsp3) is 0.273. The van der Waals surface area contributed by atoms with Crippen LogP contribution in [0.25, 0.3) is 5.57 Å². The monoisotopic (exact) mass is 179 g/mol. The summed E-state index contributed by atoms with van der Waals surface area (Å²) in [5.41, 5.74) is 7.54. The van der Waals surface area contributed by atoms with Crippen LogP contribution >= 0.6 is 0 Å². The Hall–Kier alpha value is -1.15. The Morgan fingerprint density at radius 2 is 2.00 bits per heavy atom. The van der Waals surface area contributed by atoms with Gasteiger partial charge in [-0.3, -0.25) is 0 Å². The van der Waals surface area contributed by atoms with Crippen LogP contribution in [0.2, 0.25) is 0 Å². The second-order valence-corrected chi connectivity index (χ2v) is 3.29. The maximum atomic E-state index is 12.6. The second-order valence-electron chi connectivity index (χ2n) is 3.29. The highest BCUT2D eigenvalue weighted by Crippen LogP contribution is 2.17. The largest absolute Gasteiger partial charge is 0.328 e. The first-order valence-corrected chi connectivity index (χ1v) is 4.29. The van der Waals surface area contributed by atoms with Crippen molar-refractivity contribution < 1.29 is 4.39 Å². The molecule has 0 aliphatic heterocycles. The highest BCUT2D eigenvalue weighted by Gasteiger charge is 2.01. The van der Waals surface area contributed by atoms with Crippen molar-refractivity contribution >= 4 is 5.57 Å². The van der Waals surface area contributed by atoms with E-state index in [0.717, 1.165) is 17.6 Å². The average molecular weight is 179 g/mol. The van der Waals surface area contributed by atoms with Crippen molar-refractivity contribution in [1.82, 2.24) is 0 Å². The van der Waals surface area contributed by atoms with Gasteiger partial charge in [-0.1, -0.05) is 18.7 Å². The number of rotatable bonds is 3. The van der Waals surface area contributed by atoms with Crippen molar-refractivity contribution in [3.05, 3.63) is 42.2 Å². The molecule has 0 bridgehead atoms. The van der Waals surface area contributed by atoms with Gasteiger partial charge in [-0.15, -0.1) is 0 Å². The standard InChI is InChI=1S/C11H14FN/c1-8(7-9(2)13)10-3-5-11(12)6-4-10/h3-6,9H,1,7,13H2,2H3. The molecule has 70 valence electrons. The summed E-state index contributed by atoms with van der Waals surface area (Å²) in [6, 6.07) is 6.40. The molecule has 2 N–H and O–H groups in total. The second kappa shape index (κ2) is 4.19. The highest BCUT2D eigenvalue weighted by molar-refractivity contribution is 5.63. The molecule has 2 heteroatoms. The molecule has 0 saturated heterocycles. The van der Waals surface area contributed by atoms with E-state index >= 15 is 0 Å². The Kier molecular flexibility index (Phi) is 3.20. The van der Waals surface area contributed by atoms with Gasteiger partial charge in [-0.25, -0.2) is 4.39 Å². The summed E-state index contributed by atoms with van der Waals surface area (Å²) in [7, 11) is 0. The maximum Gasteiger partial charge on any atom is 0.123 e. The minimum atomic E-state index is -0.225. The van der Waals surface area contributed by atoms with E-state index in [1.54, 1.807) is 12.1 Å². The molecule has 1 nitrogen and oxygen atoms in total. The Morgan fingerprint density at radius 3 is 2.46 bits per heavy atom. The summed E-state index contributed by atoms with van der Waals surface area (Å²) >= 11 is 0. The van der Waals surface area contributed by atoms with E-state index in [2.05, 4.69) is 6.58 Å². The summed E-state index contributed by atoms with van der Waals surface area (Å²) in [5, 5.41) is 0. The summed E-state index contributed by atoms with van der Waals surface area (Å²) in [5.74, 6) is -0.225. The van der Waals surface area contributed by atoms with Gasteiger partial charge in [-0.2, -0.15) is 0 Å². The molecule has 1 aromatic rings. The van der Waals surface area contributed by atoms with Gasteiger partial charge in [0.25, 0.3) is 0 Å².